The van der Waals surface area contributed by atoms with Gasteiger partial charge in [-0.1, -0.05) is 0 Å². The maximum absolute atomic E-state index is 12.5. The molecule has 24 heavy (non-hydrogen) atoms. The van der Waals surface area contributed by atoms with E-state index in [9.17, 15) is 27.6 Å². The number of amides is 3. The summed E-state index contributed by atoms with van der Waals surface area (Å²) in [4.78, 5) is 38.0. The van der Waals surface area contributed by atoms with E-state index in [0.29, 0.717) is 13.1 Å². The van der Waals surface area contributed by atoms with Gasteiger partial charge in [0.15, 0.2) is 0 Å². The van der Waals surface area contributed by atoms with Gasteiger partial charge >= 0.3 is 18.0 Å². The fraction of sp³-hybridized carbons (Fsp3) is 0.400. The Hall–Kier alpha value is -2.58. The van der Waals surface area contributed by atoms with Crippen molar-refractivity contribution >= 4 is 23.4 Å². The van der Waals surface area contributed by atoms with Gasteiger partial charge in [-0.25, -0.2) is 0 Å². The fourth-order valence-electron chi connectivity index (χ4n) is 2.28. The first-order chi connectivity index (χ1) is 11.2. The minimum atomic E-state index is -4.45. The van der Waals surface area contributed by atoms with Crippen LogP contribution in [0.1, 0.15) is 12.5 Å². The third kappa shape index (κ3) is 4.03. The summed E-state index contributed by atoms with van der Waals surface area (Å²) in [5, 5.41) is 2.40. The molecular weight excluding hydrogens is 327 g/mol. The monoisotopic (exact) mass is 343 g/mol. The molecule has 130 valence electrons. The Labute approximate surface area is 136 Å². The van der Waals surface area contributed by atoms with E-state index in [1.165, 1.54) is 4.90 Å². The molecule has 1 N–H and O–H groups in total. The molecule has 1 saturated heterocycles. The van der Waals surface area contributed by atoms with Gasteiger partial charge in [0, 0.05) is 25.3 Å². The van der Waals surface area contributed by atoms with Crippen LogP contribution in [0, 0.1) is 0 Å². The number of hydrogen-bond donors (Lipinski definition) is 1. The number of piperazine rings is 1. The molecule has 1 aromatic rings. The number of anilines is 1. The van der Waals surface area contributed by atoms with E-state index in [0.717, 1.165) is 29.2 Å². The summed E-state index contributed by atoms with van der Waals surface area (Å²) in [5.41, 5.74) is -0.643. The van der Waals surface area contributed by atoms with Crippen molar-refractivity contribution in [3.8, 4) is 0 Å². The number of hydrogen-bond acceptors (Lipinski definition) is 3. The molecule has 1 aliphatic heterocycles. The lowest BCUT2D eigenvalue weighted by atomic mass is 10.2. The molecule has 0 spiro atoms. The van der Waals surface area contributed by atoms with Crippen LogP contribution in [0.25, 0.3) is 0 Å². The van der Waals surface area contributed by atoms with Crippen LogP contribution < -0.4 is 5.32 Å². The van der Waals surface area contributed by atoms with Crippen LogP contribution in [0.15, 0.2) is 24.3 Å². The average molecular weight is 343 g/mol. The molecule has 0 bridgehead atoms. The zero-order chi connectivity index (χ0) is 17.9. The summed E-state index contributed by atoms with van der Waals surface area (Å²) in [6.07, 6.45) is -4.45. The Kier molecular flexibility index (Phi) is 5.10. The Balaban J connectivity index is 1.94. The van der Waals surface area contributed by atoms with Crippen LogP contribution in [-0.4, -0.2) is 53.7 Å². The number of carbonyl (C=O) groups excluding carboxylic acids is 3. The van der Waals surface area contributed by atoms with Crippen LogP contribution >= 0.6 is 0 Å². The van der Waals surface area contributed by atoms with Gasteiger partial charge in [-0.2, -0.15) is 13.2 Å². The highest BCUT2D eigenvalue weighted by molar-refractivity contribution is 6.35. The van der Waals surface area contributed by atoms with Gasteiger partial charge < -0.3 is 15.1 Å². The van der Waals surface area contributed by atoms with Gasteiger partial charge in [0.1, 0.15) is 6.54 Å². The highest BCUT2D eigenvalue weighted by atomic mass is 19.4. The fourth-order valence-corrected chi connectivity index (χ4v) is 2.28. The second kappa shape index (κ2) is 6.90. The number of rotatable bonds is 4. The van der Waals surface area contributed by atoms with E-state index in [1.54, 1.807) is 6.92 Å². The largest absolute Gasteiger partial charge is 0.416 e. The number of alkyl halides is 3. The normalized spacial score (nSPS) is 15.7. The molecule has 1 fully saturated rings. The average Bonchev–Trinajstić information content (AvgIpc) is 2.52. The second-order valence-corrected chi connectivity index (χ2v) is 5.23. The van der Waals surface area contributed by atoms with E-state index >= 15 is 0 Å². The molecule has 6 nitrogen and oxygen atoms in total. The first-order valence-corrected chi connectivity index (χ1v) is 7.27. The van der Waals surface area contributed by atoms with Gasteiger partial charge in [0.2, 0.25) is 5.91 Å². The molecule has 0 atom stereocenters. The van der Waals surface area contributed by atoms with Crippen molar-refractivity contribution in [3.63, 3.8) is 0 Å². The number of nitrogens with one attached hydrogen (secondary N) is 1. The van der Waals surface area contributed by atoms with Crippen molar-refractivity contribution < 1.29 is 27.6 Å². The molecule has 1 aliphatic rings. The summed E-state index contributed by atoms with van der Waals surface area (Å²) in [7, 11) is 0. The van der Waals surface area contributed by atoms with Crippen molar-refractivity contribution in [2.45, 2.75) is 13.1 Å². The molecule has 0 saturated carbocycles. The molecule has 0 radical (unpaired) electrons. The lowest BCUT2D eigenvalue weighted by molar-refractivity contribution is -0.156. The Morgan fingerprint density at radius 2 is 1.62 bits per heavy atom. The molecule has 9 heteroatoms. The third-order valence-electron chi connectivity index (χ3n) is 3.61. The van der Waals surface area contributed by atoms with Crippen LogP contribution in [0.5, 0.6) is 0 Å². The van der Waals surface area contributed by atoms with E-state index in [1.807, 2.05) is 0 Å². The summed E-state index contributed by atoms with van der Waals surface area (Å²) >= 11 is 0. The van der Waals surface area contributed by atoms with Gasteiger partial charge in [-0.15, -0.1) is 0 Å². The van der Waals surface area contributed by atoms with Gasteiger partial charge in [-0.3, -0.25) is 14.4 Å². The van der Waals surface area contributed by atoms with Crippen molar-refractivity contribution in [1.29, 1.82) is 0 Å². The van der Waals surface area contributed by atoms with E-state index in [-0.39, 0.29) is 18.8 Å². The number of benzene rings is 1. The minimum absolute atomic E-state index is 0.180. The van der Waals surface area contributed by atoms with Gasteiger partial charge in [-0.05, 0) is 31.2 Å². The highest BCUT2D eigenvalue weighted by Gasteiger charge is 2.33. The van der Waals surface area contributed by atoms with Crippen LogP contribution in [0.3, 0.4) is 0 Å². The summed E-state index contributed by atoms with van der Waals surface area (Å²) < 4.78 is 37.4. The predicted octanol–water partition coefficient (Wildman–Crippen LogP) is 1.33. The van der Waals surface area contributed by atoms with Crippen molar-refractivity contribution in [3.05, 3.63) is 29.8 Å². The van der Waals surface area contributed by atoms with E-state index in [4.69, 9.17) is 0 Å². The molecule has 0 aromatic heterocycles. The van der Waals surface area contributed by atoms with Gasteiger partial charge in [0.05, 0.1) is 5.56 Å². The summed E-state index contributed by atoms with van der Waals surface area (Å²) in [6.45, 7) is 2.41. The first-order valence-electron chi connectivity index (χ1n) is 7.27. The molecule has 1 aromatic carbocycles. The van der Waals surface area contributed by atoms with E-state index in [2.05, 4.69) is 5.32 Å². The molecule has 0 unspecified atom stereocenters. The summed E-state index contributed by atoms with van der Waals surface area (Å²) in [5.74, 6) is -2.00. The van der Waals surface area contributed by atoms with Crippen LogP contribution in [0.4, 0.5) is 18.9 Å². The van der Waals surface area contributed by atoms with Crippen LogP contribution in [-0.2, 0) is 20.6 Å². The van der Waals surface area contributed by atoms with Crippen molar-refractivity contribution in [2.75, 3.05) is 31.5 Å². The Bertz CT molecular complexity index is 644. The van der Waals surface area contributed by atoms with Crippen LogP contribution in [0.2, 0.25) is 0 Å². The van der Waals surface area contributed by atoms with Gasteiger partial charge in [0.25, 0.3) is 0 Å². The number of likely N-dealkylation sites (N-methyl/N-ethyl adjacent to an activating group) is 1. The highest BCUT2D eigenvalue weighted by Crippen LogP contribution is 2.29. The standard InChI is InChI=1S/C15H16F3N3O3/c1-2-20-7-8-21(14(24)13(20)23)9-12(22)19-11-5-3-10(4-6-11)15(16,17)18/h3-6H,2,7-9H2,1H3,(H,19,22). The number of halogens is 3. The Morgan fingerprint density at radius 1 is 1.08 bits per heavy atom. The lowest BCUT2D eigenvalue weighted by Gasteiger charge is -2.32. The molecule has 2 rings (SSSR count). The quantitative estimate of drug-likeness (QED) is 0.839. The summed E-state index contributed by atoms with van der Waals surface area (Å²) in [6, 6.07) is 3.96. The van der Waals surface area contributed by atoms with Crippen molar-refractivity contribution in [2.24, 2.45) is 0 Å². The molecular formula is C15H16F3N3O3. The topological polar surface area (TPSA) is 69.7 Å². The second-order valence-electron chi connectivity index (χ2n) is 5.23. The zero-order valence-electron chi connectivity index (χ0n) is 12.9. The smallest absolute Gasteiger partial charge is 0.333 e. The van der Waals surface area contributed by atoms with E-state index < -0.39 is 29.5 Å². The third-order valence-corrected chi connectivity index (χ3v) is 3.61. The molecule has 3 amide bonds. The molecule has 0 aliphatic carbocycles. The number of carbonyl (C=O) groups is 3. The van der Waals surface area contributed by atoms with Crippen molar-refractivity contribution in [1.82, 2.24) is 9.80 Å². The minimum Gasteiger partial charge on any atom is -0.333 e. The maximum atomic E-state index is 12.5. The first kappa shape index (κ1) is 17.8. The Morgan fingerprint density at radius 3 is 2.17 bits per heavy atom. The predicted molar refractivity (Wildman–Crippen MR) is 78.9 cm³/mol. The lowest BCUT2D eigenvalue weighted by Crippen LogP contribution is -2.55. The zero-order valence-corrected chi connectivity index (χ0v) is 12.9. The number of nitrogens with zero attached hydrogens (tertiary/aromatic N) is 2. The maximum Gasteiger partial charge on any atom is 0.416 e. The SMILES string of the molecule is CCN1CCN(CC(=O)Nc2ccc(C(F)(F)F)cc2)C(=O)C1=O. The molecule has 1 heterocycles.